The van der Waals surface area contributed by atoms with Gasteiger partial charge in [-0.25, -0.2) is 4.79 Å². The molecule has 0 radical (unpaired) electrons. The normalized spacial score (nSPS) is 22.3. The standard InChI is InChI=1S/C20H14Cl2N4O4/c21-12-1-3-14-10(5-12)7-25(16(14)27)9-20(18(29)23-19(30)24-20)26-8-11-6-13(22)2-4-15(11)17(26)28/h1-6H,7-9H2,(H2,23,24,29,30). The van der Waals surface area contributed by atoms with E-state index in [2.05, 4.69) is 10.6 Å². The van der Waals surface area contributed by atoms with E-state index in [1.807, 2.05) is 0 Å². The average Bonchev–Trinajstić information content (AvgIpc) is 3.27. The number of benzene rings is 2. The minimum absolute atomic E-state index is 0.0727. The van der Waals surface area contributed by atoms with Crippen LogP contribution in [0.25, 0.3) is 0 Å². The zero-order valence-electron chi connectivity index (χ0n) is 15.4. The highest BCUT2D eigenvalue weighted by atomic mass is 35.5. The van der Waals surface area contributed by atoms with Crippen LogP contribution in [0, 0.1) is 0 Å². The first-order valence-electron chi connectivity index (χ1n) is 9.10. The molecule has 10 heteroatoms. The molecule has 0 bridgehead atoms. The highest BCUT2D eigenvalue weighted by molar-refractivity contribution is 6.31. The third-order valence-electron chi connectivity index (χ3n) is 5.62. The topological polar surface area (TPSA) is 98.8 Å². The fourth-order valence-corrected chi connectivity index (χ4v) is 4.61. The lowest BCUT2D eigenvalue weighted by Crippen LogP contribution is -2.66. The zero-order chi connectivity index (χ0) is 21.2. The molecular formula is C20H14Cl2N4O4. The van der Waals surface area contributed by atoms with Gasteiger partial charge < -0.3 is 15.1 Å². The minimum Gasteiger partial charge on any atom is -0.329 e. The maximum atomic E-state index is 13.1. The van der Waals surface area contributed by atoms with Crippen molar-refractivity contribution in [2.45, 2.75) is 18.8 Å². The van der Waals surface area contributed by atoms with Crippen LogP contribution in [0.3, 0.4) is 0 Å². The van der Waals surface area contributed by atoms with Crippen LogP contribution < -0.4 is 10.6 Å². The van der Waals surface area contributed by atoms with Crippen molar-refractivity contribution < 1.29 is 19.2 Å². The number of nitrogens with zero attached hydrogens (tertiary/aromatic N) is 2. The van der Waals surface area contributed by atoms with Gasteiger partial charge in [-0.15, -0.1) is 0 Å². The van der Waals surface area contributed by atoms with E-state index in [0.717, 1.165) is 5.56 Å². The van der Waals surface area contributed by atoms with Crippen molar-refractivity contribution >= 4 is 47.0 Å². The molecule has 2 aromatic carbocycles. The van der Waals surface area contributed by atoms with Crippen molar-refractivity contribution in [3.05, 3.63) is 68.7 Å². The van der Waals surface area contributed by atoms with Gasteiger partial charge in [-0.05, 0) is 47.5 Å². The largest absolute Gasteiger partial charge is 0.329 e. The SMILES string of the molecule is O=C1NC(=O)C(CN2Cc3cc(Cl)ccc3C2=O)(N2Cc3cc(Cl)ccc3C2=O)N1. The Morgan fingerprint density at radius 1 is 0.867 bits per heavy atom. The van der Waals surface area contributed by atoms with E-state index in [-0.39, 0.29) is 25.5 Å². The predicted octanol–water partition coefficient (Wildman–Crippen LogP) is 2.14. The highest BCUT2D eigenvalue weighted by Crippen LogP contribution is 2.34. The van der Waals surface area contributed by atoms with Crippen LogP contribution in [-0.2, 0) is 17.9 Å². The van der Waals surface area contributed by atoms with Gasteiger partial charge >= 0.3 is 6.03 Å². The molecule has 3 aliphatic rings. The van der Waals surface area contributed by atoms with Gasteiger partial charge in [0.1, 0.15) is 0 Å². The van der Waals surface area contributed by atoms with Crippen molar-refractivity contribution in [1.29, 1.82) is 0 Å². The highest BCUT2D eigenvalue weighted by Gasteiger charge is 2.56. The summed E-state index contributed by atoms with van der Waals surface area (Å²) in [6.45, 7) is 0.0762. The number of fused-ring (bicyclic) bond motifs is 2. The van der Waals surface area contributed by atoms with E-state index in [4.69, 9.17) is 23.2 Å². The fraction of sp³-hybridized carbons (Fsp3) is 0.200. The van der Waals surface area contributed by atoms with Gasteiger partial charge in [0.25, 0.3) is 17.7 Å². The molecule has 0 aliphatic carbocycles. The van der Waals surface area contributed by atoms with E-state index in [0.29, 0.717) is 26.7 Å². The molecule has 2 N–H and O–H groups in total. The predicted molar refractivity (Wildman–Crippen MR) is 107 cm³/mol. The molecule has 3 heterocycles. The van der Waals surface area contributed by atoms with Crippen LogP contribution in [0.15, 0.2) is 36.4 Å². The van der Waals surface area contributed by atoms with E-state index in [1.54, 1.807) is 36.4 Å². The molecule has 152 valence electrons. The molecule has 0 aromatic heterocycles. The summed E-state index contributed by atoms with van der Waals surface area (Å²) in [7, 11) is 0. The second-order valence-electron chi connectivity index (χ2n) is 7.42. The molecule has 5 amide bonds. The second kappa shape index (κ2) is 6.45. The van der Waals surface area contributed by atoms with Gasteiger partial charge in [0.15, 0.2) is 0 Å². The van der Waals surface area contributed by atoms with Crippen molar-refractivity contribution in [3.63, 3.8) is 0 Å². The molecule has 0 saturated carbocycles. The fourth-order valence-electron chi connectivity index (χ4n) is 4.22. The molecule has 0 spiro atoms. The number of carbonyl (C=O) groups excluding carboxylic acids is 4. The molecule has 30 heavy (non-hydrogen) atoms. The van der Waals surface area contributed by atoms with Crippen molar-refractivity contribution in [2.24, 2.45) is 0 Å². The van der Waals surface area contributed by atoms with E-state index < -0.39 is 23.5 Å². The zero-order valence-corrected chi connectivity index (χ0v) is 16.9. The smallest absolute Gasteiger partial charge is 0.323 e. The summed E-state index contributed by atoms with van der Waals surface area (Å²) < 4.78 is 0. The van der Waals surface area contributed by atoms with E-state index in [1.165, 1.54) is 9.80 Å². The molecule has 3 aliphatic heterocycles. The molecule has 1 saturated heterocycles. The minimum atomic E-state index is -1.73. The van der Waals surface area contributed by atoms with Crippen molar-refractivity contribution in [1.82, 2.24) is 20.4 Å². The summed E-state index contributed by atoms with van der Waals surface area (Å²) in [4.78, 5) is 53.7. The third-order valence-corrected chi connectivity index (χ3v) is 6.09. The number of hydrogen-bond donors (Lipinski definition) is 2. The average molecular weight is 445 g/mol. The lowest BCUT2D eigenvalue weighted by Gasteiger charge is -2.38. The van der Waals surface area contributed by atoms with E-state index in [9.17, 15) is 19.2 Å². The molecule has 5 rings (SSSR count). The van der Waals surface area contributed by atoms with E-state index >= 15 is 0 Å². The quantitative estimate of drug-likeness (QED) is 0.708. The molecule has 2 aromatic rings. The van der Waals surface area contributed by atoms with Gasteiger partial charge in [-0.2, -0.15) is 0 Å². The lowest BCUT2D eigenvalue weighted by atomic mass is 10.1. The van der Waals surface area contributed by atoms with Crippen molar-refractivity contribution in [2.75, 3.05) is 6.54 Å². The number of halogens is 2. The number of nitrogens with one attached hydrogen (secondary N) is 2. The summed E-state index contributed by atoms with van der Waals surface area (Å²) in [5, 5.41) is 5.72. The molecule has 1 fully saturated rings. The Kier molecular flexibility index (Phi) is 4.06. The lowest BCUT2D eigenvalue weighted by molar-refractivity contribution is -0.130. The summed E-state index contributed by atoms with van der Waals surface area (Å²) in [6, 6.07) is 9.02. The summed E-state index contributed by atoms with van der Waals surface area (Å²) in [5.41, 5.74) is 0.498. The third kappa shape index (κ3) is 2.68. The second-order valence-corrected chi connectivity index (χ2v) is 8.30. The van der Waals surface area contributed by atoms with Crippen LogP contribution in [0.4, 0.5) is 4.79 Å². The Hall–Kier alpha value is -3.10. The van der Waals surface area contributed by atoms with Crippen LogP contribution in [0.5, 0.6) is 0 Å². The van der Waals surface area contributed by atoms with Gasteiger partial charge in [-0.1, -0.05) is 23.2 Å². The summed E-state index contributed by atoms with van der Waals surface area (Å²) in [6.07, 6.45) is 0. The molecule has 8 nitrogen and oxygen atoms in total. The van der Waals surface area contributed by atoms with Crippen LogP contribution >= 0.6 is 23.2 Å². The van der Waals surface area contributed by atoms with Crippen LogP contribution in [0.1, 0.15) is 31.8 Å². The number of hydrogen-bond acceptors (Lipinski definition) is 4. The van der Waals surface area contributed by atoms with Crippen LogP contribution in [-0.4, -0.2) is 45.8 Å². The van der Waals surface area contributed by atoms with Gasteiger partial charge in [0, 0.05) is 34.3 Å². The number of amides is 5. The number of carbonyl (C=O) groups is 4. The summed E-state index contributed by atoms with van der Waals surface area (Å²) >= 11 is 12.1. The Labute approximate surface area is 180 Å². The first-order chi connectivity index (χ1) is 14.3. The first-order valence-corrected chi connectivity index (χ1v) is 9.86. The molecule has 1 unspecified atom stereocenters. The first kappa shape index (κ1) is 18.9. The van der Waals surface area contributed by atoms with Gasteiger partial charge in [-0.3, -0.25) is 19.7 Å². The number of rotatable bonds is 3. The number of urea groups is 1. The van der Waals surface area contributed by atoms with Crippen LogP contribution in [0.2, 0.25) is 10.0 Å². The maximum absolute atomic E-state index is 13.1. The monoisotopic (exact) mass is 444 g/mol. The van der Waals surface area contributed by atoms with Gasteiger partial charge in [0.05, 0.1) is 6.54 Å². The maximum Gasteiger partial charge on any atom is 0.323 e. The Balaban J connectivity index is 1.52. The number of imide groups is 1. The van der Waals surface area contributed by atoms with Crippen molar-refractivity contribution in [3.8, 4) is 0 Å². The Morgan fingerprint density at radius 3 is 2.07 bits per heavy atom. The Bertz CT molecular complexity index is 1170. The van der Waals surface area contributed by atoms with Gasteiger partial charge in [0.2, 0.25) is 5.66 Å². The summed E-state index contributed by atoms with van der Waals surface area (Å²) in [5.74, 6) is -1.42. The molecular weight excluding hydrogens is 431 g/mol. The molecule has 1 atom stereocenters. The Morgan fingerprint density at radius 2 is 1.47 bits per heavy atom.